The second kappa shape index (κ2) is 5.38. The molecule has 0 fully saturated rings. The number of hydrogen-bond acceptors (Lipinski definition) is 3. The number of fused-ring (bicyclic) bond motifs is 1. The van der Waals surface area contributed by atoms with E-state index >= 15 is 0 Å². The molecule has 110 valence electrons. The van der Waals surface area contributed by atoms with Crippen molar-refractivity contribution in [1.82, 2.24) is 5.43 Å². The summed E-state index contributed by atoms with van der Waals surface area (Å²) in [6.45, 7) is 0.551. The van der Waals surface area contributed by atoms with E-state index < -0.39 is 23.5 Å². The monoisotopic (exact) mass is 294 g/mol. The fourth-order valence-corrected chi connectivity index (χ4v) is 2.58. The summed E-state index contributed by atoms with van der Waals surface area (Å²) in [6.07, 6.45) is 0.770. The van der Waals surface area contributed by atoms with Crippen molar-refractivity contribution in [2.24, 2.45) is 5.84 Å². The van der Waals surface area contributed by atoms with Gasteiger partial charge in [0.25, 0.3) is 0 Å². The van der Waals surface area contributed by atoms with E-state index in [1.54, 1.807) is 6.07 Å². The molecular formula is C15H13F3N2O. The smallest absolute Gasteiger partial charge is 0.194 e. The molecule has 1 unspecified atom stereocenters. The van der Waals surface area contributed by atoms with Crippen LogP contribution in [0.4, 0.5) is 13.2 Å². The van der Waals surface area contributed by atoms with Gasteiger partial charge in [-0.2, -0.15) is 0 Å². The van der Waals surface area contributed by atoms with Crippen LogP contribution in [-0.4, -0.2) is 6.61 Å². The molecule has 3 nitrogen and oxygen atoms in total. The van der Waals surface area contributed by atoms with Gasteiger partial charge in [-0.25, -0.2) is 18.6 Å². The van der Waals surface area contributed by atoms with Gasteiger partial charge in [-0.05, 0) is 23.3 Å². The summed E-state index contributed by atoms with van der Waals surface area (Å²) < 4.78 is 45.5. The Morgan fingerprint density at radius 3 is 2.52 bits per heavy atom. The van der Waals surface area contributed by atoms with Crippen molar-refractivity contribution >= 4 is 0 Å². The van der Waals surface area contributed by atoms with E-state index in [2.05, 4.69) is 5.43 Å². The number of nitrogens with one attached hydrogen (secondary N) is 1. The third-order valence-corrected chi connectivity index (χ3v) is 3.56. The largest absolute Gasteiger partial charge is 0.493 e. The maximum atomic E-state index is 13.4. The predicted molar refractivity (Wildman–Crippen MR) is 71.1 cm³/mol. The maximum absolute atomic E-state index is 13.4. The average Bonchev–Trinajstić information content (AvgIpc) is 2.94. The van der Waals surface area contributed by atoms with E-state index in [9.17, 15) is 13.2 Å². The molecule has 3 rings (SSSR count). The van der Waals surface area contributed by atoms with Gasteiger partial charge in [0.2, 0.25) is 0 Å². The first-order valence-corrected chi connectivity index (χ1v) is 6.47. The first kappa shape index (κ1) is 13.9. The van der Waals surface area contributed by atoms with Gasteiger partial charge in [-0.1, -0.05) is 18.2 Å². The van der Waals surface area contributed by atoms with Crippen LogP contribution in [0, 0.1) is 17.5 Å². The van der Waals surface area contributed by atoms with Gasteiger partial charge < -0.3 is 4.74 Å². The molecule has 0 amide bonds. The highest BCUT2D eigenvalue weighted by Gasteiger charge is 2.24. The maximum Gasteiger partial charge on any atom is 0.194 e. The van der Waals surface area contributed by atoms with Crippen LogP contribution in [0.15, 0.2) is 30.3 Å². The first-order valence-electron chi connectivity index (χ1n) is 6.47. The van der Waals surface area contributed by atoms with Crippen LogP contribution in [-0.2, 0) is 6.42 Å². The first-order chi connectivity index (χ1) is 10.1. The zero-order valence-electron chi connectivity index (χ0n) is 11.0. The van der Waals surface area contributed by atoms with E-state index in [1.165, 1.54) is 0 Å². The number of para-hydroxylation sites is 1. The van der Waals surface area contributed by atoms with E-state index in [1.807, 2.05) is 12.1 Å². The van der Waals surface area contributed by atoms with Gasteiger partial charge in [0.1, 0.15) is 5.75 Å². The number of benzene rings is 2. The number of nitrogens with two attached hydrogens (primary N) is 1. The third-order valence-electron chi connectivity index (χ3n) is 3.56. The van der Waals surface area contributed by atoms with Crippen molar-refractivity contribution in [2.75, 3.05) is 6.61 Å². The summed E-state index contributed by atoms with van der Waals surface area (Å²) in [5, 5.41) is 0. The van der Waals surface area contributed by atoms with Crippen molar-refractivity contribution < 1.29 is 17.9 Å². The Kier molecular flexibility index (Phi) is 3.57. The Bertz CT molecular complexity index is 668. The van der Waals surface area contributed by atoms with Crippen molar-refractivity contribution in [2.45, 2.75) is 12.5 Å². The van der Waals surface area contributed by atoms with Gasteiger partial charge in [0.05, 0.1) is 12.6 Å². The Balaban J connectivity index is 2.09. The fraction of sp³-hybridized carbons (Fsp3) is 0.200. The zero-order chi connectivity index (χ0) is 15.0. The summed E-state index contributed by atoms with van der Waals surface area (Å²) in [4.78, 5) is 0. The van der Waals surface area contributed by atoms with Crippen molar-refractivity contribution in [1.29, 1.82) is 0 Å². The molecule has 1 atom stereocenters. The summed E-state index contributed by atoms with van der Waals surface area (Å²) in [7, 11) is 0. The topological polar surface area (TPSA) is 47.3 Å². The lowest BCUT2D eigenvalue weighted by molar-refractivity contribution is 0.350. The molecule has 3 N–H and O–H groups in total. The minimum atomic E-state index is -1.50. The van der Waals surface area contributed by atoms with Crippen LogP contribution in [0.3, 0.4) is 0 Å². The molecule has 2 aromatic carbocycles. The van der Waals surface area contributed by atoms with Gasteiger partial charge in [0, 0.05) is 12.0 Å². The number of ether oxygens (including phenoxy) is 1. The minimum Gasteiger partial charge on any atom is -0.493 e. The Morgan fingerprint density at radius 1 is 1.14 bits per heavy atom. The number of hydrogen-bond donors (Lipinski definition) is 2. The Labute approximate surface area is 119 Å². The number of rotatable bonds is 3. The fourth-order valence-electron chi connectivity index (χ4n) is 2.58. The lowest BCUT2D eigenvalue weighted by atomic mass is 9.96. The quantitative estimate of drug-likeness (QED) is 0.519. The molecule has 0 radical (unpaired) electrons. The van der Waals surface area contributed by atoms with Crippen molar-refractivity contribution in [3.63, 3.8) is 0 Å². The lowest BCUT2D eigenvalue weighted by Gasteiger charge is -2.19. The minimum absolute atomic E-state index is 0.192. The SMILES string of the molecule is NNC(c1cc(F)c(F)c(F)c1)c1cccc2c1OCC2. The molecular weight excluding hydrogens is 281 g/mol. The molecule has 1 aliphatic heterocycles. The van der Waals surface area contributed by atoms with Gasteiger partial charge in [-0.15, -0.1) is 0 Å². The molecule has 0 aromatic heterocycles. The summed E-state index contributed by atoms with van der Waals surface area (Å²) in [5.41, 5.74) is 4.37. The standard InChI is InChI=1S/C15H13F3N2O/c16-11-6-9(7-12(17)13(11)18)14(20-19)10-3-1-2-8-4-5-21-15(8)10/h1-3,6-7,14,20H,4-5,19H2. The number of hydrazine groups is 1. The van der Waals surface area contributed by atoms with Gasteiger partial charge in [0.15, 0.2) is 17.5 Å². The second-order valence-corrected chi connectivity index (χ2v) is 4.83. The zero-order valence-corrected chi connectivity index (χ0v) is 11.0. The molecule has 6 heteroatoms. The van der Waals surface area contributed by atoms with Crippen molar-refractivity contribution in [3.8, 4) is 5.75 Å². The molecule has 0 saturated carbocycles. The molecule has 1 aliphatic rings. The summed E-state index contributed by atoms with van der Waals surface area (Å²) in [6, 6.07) is 6.67. The van der Waals surface area contributed by atoms with E-state index in [4.69, 9.17) is 10.6 Å². The Hall–Kier alpha value is -2.05. The van der Waals surface area contributed by atoms with E-state index in [-0.39, 0.29) is 5.56 Å². The lowest BCUT2D eigenvalue weighted by Crippen LogP contribution is -2.29. The predicted octanol–water partition coefficient (Wildman–Crippen LogP) is 2.59. The molecule has 1 heterocycles. The highest BCUT2D eigenvalue weighted by molar-refractivity contribution is 5.48. The van der Waals surface area contributed by atoms with Crippen LogP contribution in [0.5, 0.6) is 5.75 Å². The molecule has 0 spiro atoms. The van der Waals surface area contributed by atoms with Gasteiger partial charge in [-0.3, -0.25) is 5.84 Å². The third kappa shape index (κ3) is 2.36. The highest BCUT2D eigenvalue weighted by atomic mass is 19.2. The molecule has 0 aliphatic carbocycles. The second-order valence-electron chi connectivity index (χ2n) is 4.83. The molecule has 21 heavy (non-hydrogen) atoms. The van der Waals surface area contributed by atoms with Crippen molar-refractivity contribution in [3.05, 3.63) is 64.5 Å². The Morgan fingerprint density at radius 2 is 1.86 bits per heavy atom. The van der Waals surface area contributed by atoms with Crippen LogP contribution in [0.1, 0.15) is 22.7 Å². The van der Waals surface area contributed by atoms with E-state index in [0.717, 1.165) is 24.1 Å². The summed E-state index contributed by atoms with van der Waals surface area (Å²) >= 11 is 0. The molecule has 2 aromatic rings. The van der Waals surface area contributed by atoms with E-state index in [0.29, 0.717) is 17.9 Å². The highest BCUT2D eigenvalue weighted by Crippen LogP contribution is 2.36. The normalized spacial score (nSPS) is 14.7. The number of halogens is 3. The van der Waals surface area contributed by atoms with Crippen LogP contribution in [0.2, 0.25) is 0 Å². The molecule has 0 saturated heterocycles. The molecule has 0 bridgehead atoms. The summed E-state index contributed by atoms with van der Waals surface area (Å²) in [5.74, 6) is 2.18. The van der Waals surface area contributed by atoms with Crippen LogP contribution < -0.4 is 16.0 Å². The van der Waals surface area contributed by atoms with Gasteiger partial charge >= 0.3 is 0 Å². The van der Waals surface area contributed by atoms with Crippen LogP contribution in [0.25, 0.3) is 0 Å². The van der Waals surface area contributed by atoms with Crippen LogP contribution >= 0.6 is 0 Å². The average molecular weight is 294 g/mol.